The van der Waals surface area contributed by atoms with E-state index >= 15 is 0 Å². The van der Waals surface area contributed by atoms with Gasteiger partial charge in [0.25, 0.3) is 0 Å². The van der Waals surface area contributed by atoms with E-state index in [1.807, 2.05) is 0 Å². The van der Waals surface area contributed by atoms with Crippen LogP contribution in [0.25, 0.3) is 12.2 Å². The summed E-state index contributed by atoms with van der Waals surface area (Å²) < 4.78 is 0. The van der Waals surface area contributed by atoms with Crippen LogP contribution in [0.5, 0.6) is 0 Å². The van der Waals surface area contributed by atoms with E-state index in [0.717, 1.165) is 74.2 Å². The van der Waals surface area contributed by atoms with Crippen molar-refractivity contribution in [2.75, 3.05) is 0 Å². The summed E-state index contributed by atoms with van der Waals surface area (Å²) in [5, 5.41) is 6.25. The number of H-pyrrole nitrogens is 1. The highest BCUT2D eigenvalue weighted by atomic mass is 15.0. The highest BCUT2D eigenvalue weighted by molar-refractivity contribution is 6.24. The molecule has 1 aromatic rings. The van der Waals surface area contributed by atoms with Crippen LogP contribution in [0.1, 0.15) is 98.1 Å². The molecule has 0 saturated carbocycles. The average Bonchev–Trinajstić information content (AvgIpc) is 3.65. The molecule has 4 heteroatoms. The molecule has 5 heterocycles. The summed E-state index contributed by atoms with van der Waals surface area (Å²) in [6.45, 7) is 15.9. The minimum Gasteiger partial charge on any atom is -0.378 e. The number of nitrogens with one attached hydrogen (secondary N) is 2. The molecule has 0 amide bonds. The predicted octanol–water partition coefficient (Wildman–Crippen LogP) is 6.65. The first-order valence-corrected chi connectivity index (χ1v) is 15.0. The summed E-state index contributed by atoms with van der Waals surface area (Å²) in [4.78, 5) is 14.3. The van der Waals surface area contributed by atoms with Gasteiger partial charge in [0.15, 0.2) is 0 Å². The molecule has 4 aliphatic rings. The Balaban J connectivity index is 1.84. The fourth-order valence-corrected chi connectivity index (χ4v) is 6.81. The zero-order valence-electron chi connectivity index (χ0n) is 24.4. The average molecular weight is 509 g/mol. The second-order valence-electron chi connectivity index (χ2n) is 10.6. The van der Waals surface area contributed by atoms with Gasteiger partial charge in [-0.25, -0.2) is 9.98 Å². The highest BCUT2D eigenvalue weighted by Gasteiger charge is 2.27. The van der Waals surface area contributed by atoms with E-state index in [1.165, 1.54) is 55.4 Å². The van der Waals surface area contributed by atoms with Crippen LogP contribution in [0.15, 0.2) is 67.1 Å². The van der Waals surface area contributed by atoms with Crippen molar-refractivity contribution >= 4 is 23.6 Å². The number of aromatic nitrogens is 1. The quantitative estimate of drug-likeness (QED) is 0.426. The molecule has 0 radical (unpaired) electrons. The maximum Gasteiger partial charge on any atom is 0.0693 e. The molecule has 0 saturated heterocycles. The van der Waals surface area contributed by atoms with Crippen LogP contribution < -0.4 is 16.0 Å². The lowest BCUT2D eigenvalue weighted by atomic mass is 9.97. The van der Waals surface area contributed by atoms with Crippen LogP contribution in [0, 0.1) is 0 Å². The molecule has 4 aliphatic heterocycles. The van der Waals surface area contributed by atoms with Crippen LogP contribution >= 0.6 is 0 Å². The normalized spacial score (nSPS) is 25.3. The summed E-state index contributed by atoms with van der Waals surface area (Å²) in [6, 6.07) is 0.258. The molecule has 0 spiro atoms. The lowest BCUT2D eigenvalue weighted by Gasteiger charge is -2.11. The minimum absolute atomic E-state index is 0.258. The van der Waals surface area contributed by atoms with Crippen molar-refractivity contribution in [1.82, 2.24) is 10.3 Å². The van der Waals surface area contributed by atoms with Gasteiger partial charge >= 0.3 is 0 Å². The van der Waals surface area contributed by atoms with E-state index in [-0.39, 0.29) is 6.04 Å². The third kappa shape index (κ3) is 4.42. The van der Waals surface area contributed by atoms with Crippen molar-refractivity contribution < 1.29 is 0 Å². The molecule has 8 bridgehead atoms. The fraction of sp³-hybridized carbons (Fsp3) is 0.471. The standard InChI is InChI=1S/C34H44N4/c1-8-20-15-21-16-29-22(9-2)23(10-3)31(36-29)18-33-26(13-6)27(14-7)34(38-33)19-32-25(12-5)24(11-4)30(37-32)17-28(20)35-21/h16-19,21,35,38H,8-15H2,1-7H3/b29-16-,30-17-,33-18-,34-19-. The van der Waals surface area contributed by atoms with Gasteiger partial charge < -0.3 is 10.3 Å². The van der Waals surface area contributed by atoms with Gasteiger partial charge in [0.05, 0.1) is 28.9 Å². The van der Waals surface area contributed by atoms with Crippen LogP contribution in [-0.4, -0.2) is 22.4 Å². The molecule has 2 N–H and O–H groups in total. The van der Waals surface area contributed by atoms with E-state index < -0.39 is 0 Å². The molecule has 4 nitrogen and oxygen atoms in total. The summed E-state index contributed by atoms with van der Waals surface area (Å²) in [6.07, 6.45) is 17.4. The summed E-state index contributed by atoms with van der Waals surface area (Å²) >= 11 is 0. The zero-order valence-corrected chi connectivity index (χ0v) is 24.4. The Morgan fingerprint density at radius 1 is 0.632 bits per heavy atom. The highest BCUT2D eigenvalue weighted by Crippen LogP contribution is 2.35. The van der Waals surface area contributed by atoms with Crippen LogP contribution in [0.4, 0.5) is 0 Å². The number of hydrogen-bond donors (Lipinski definition) is 2. The Morgan fingerprint density at radius 3 is 1.66 bits per heavy atom. The number of allylic oxidation sites excluding steroid dienone is 5. The Morgan fingerprint density at radius 2 is 1.16 bits per heavy atom. The SMILES string of the molecule is CCC1=C2/C=C3N=C(/C=c4\[nH]/c(c(CC)c4CC)=C\C4=NC(=C\C(C1)N2)/C(CC)=C4CC)C(CC)=C\3CC. The maximum absolute atomic E-state index is 5.26. The van der Waals surface area contributed by atoms with Crippen LogP contribution in [0.3, 0.4) is 0 Å². The Kier molecular flexibility index (Phi) is 7.61. The molecular formula is C34H44N4. The molecule has 1 unspecified atom stereocenters. The molecule has 5 rings (SSSR count). The van der Waals surface area contributed by atoms with Crippen molar-refractivity contribution in [2.45, 2.75) is 106 Å². The molecule has 200 valence electrons. The Labute approximate surface area is 228 Å². The summed E-state index contributed by atoms with van der Waals surface area (Å²) in [5.41, 5.74) is 15.6. The second kappa shape index (κ2) is 10.9. The number of rotatable bonds is 7. The van der Waals surface area contributed by atoms with Gasteiger partial charge in [-0.2, -0.15) is 0 Å². The maximum atomic E-state index is 5.26. The monoisotopic (exact) mass is 508 g/mol. The van der Waals surface area contributed by atoms with Gasteiger partial charge in [-0.15, -0.1) is 0 Å². The number of aromatic amines is 1. The predicted molar refractivity (Wildman–Crippen MR) is 163 cm³/mol. The van der Waals surface area contributed by atoms with Gasteiger partial charge in [0, 0.05) is 16.4 Å². The summed E-state index contributed by atoms with van der Waals surface area (Å²) in [5.74, 6) is 0. The van der Waals surface area contributed by atoms with Gasteiger partial charge in [-0.05, 0) is 115 Å². The molecule has 0 aliphatic carbocycles. The lowest BCUT2D eigenvalue weighted by molar-refractivity contribution is 0.726. The molecule has 0 aromatic carbocycles. The molecule has 1 aromatic heterocycles. The number of aliphatic imine (C=N–C) groups is 2. The van der Waals surface area contributed by atoms with E-state index in [1.54, 1.807) is 0 Å². The van der Waals surface area contributed by atoms with Crippen molar-refractivity contribution in [3.63, 3.8) is 0 Å². The van der Waals surface area contributed by atoms with Crippen LogP contribution in [-0.2, 0) is 12.8 Å². The van der Waals surface area contributed by atoms with E-state index in [0.29, 0.717) is 0 Å². The van der Waals surface area contributed by atoms with Gasteiger partial charge in [0.1, 0.15) is 0 Å². The van der Waals surface area contributed by atoms with Crippen molar-refractivity contribution in [3.8, 4) is 0 Å². The third-order valence-corrected chi connectivity index (χ3v) is 8.67. The van der Waals surface area contributed by atoms with Gasteiger partial charge in [-0.3, -0.25) is 0 Å². The Bertz CT molecular complexity index is 1490. The van der Waals surface area contributed by atoms with E-state index in [4.69, 9.17) is 9.98 Å². The van der Waals surface area contributed by atoms with Crippen molar-refractivity contribution in [2.24, 2.45) is 9.98 Å². The fourth-order valence-electron chi connectivity index (χ4n) is 6.81. The molecule has 1 atom stereocenters. The first-order valence-electron chi connectivity index (χ1n) is 15.0. The summed E-state index contributed by atoms with van der Waals surface area (Å²) in [7, 11) is 0. The van der Waals surface area contributed by atoms with Gasteiger partial charge in [0.2, 0.25) is 0 Å². The Hall–Kier alpha value is -3.14. The number of nitrogens with zero attached hydrogens (tertiary/aromatic N) is 2. The first-order chi connectivity index (χ1) is 18.5. The van der Waals surface area contributed by atoms with E-state index in [2.05, 4.69) is 83.1 Å². The topological polar surface area (TPSA) is 52.5 Å². The van der Waals surface area contributed by atoms with Crippen molar-refractivity contribution in [1.29, 1.82) is 0 Å². The number of hydrogen-bond acceptors (Lipinski definition) is 3. The first kappa shape index (κ1) is 26.5. The number of fused-ring (bicyclic) bond motifs is 6. The largest absolute Gasteiger partial charge is 0.378 e. The smallest absolute Gasteiger partial charge is 0.0693 e. The van der Waals surface area contributed by atoms with E-state index in [9.17, 15) is 0 Å². The van der Waals surface area contributed by atoms with Crippen molar-refractivity contribution in [3.05, 3.63) is 78.9 Å². The zero-order chi connectivity index (χ0) is 27.0. The molecular weight excluding hydrogens is 464 g/mol. The second-order valence-corrected chi connectivity index (χ2v) is 10.6. The third-order valence-electron chi connectivity index (χ3n) is 8.67. The lowest BCUT2D eigenvalue weighted by Crippen LogP contribution is -2.20. The molecule has 0 fully saturated rings. The molecule has 38 heavy (non-hydrogen) atoms. The van der Waals surface area contributed by atoms with Crippen LogP contribution in [0.2, 0.25) is 0 Å². The van der Waals surface area contributed by atoms with Gasteiger partial charge in [-0.1, -0.05) is 48.5 Å². The minimum atomic E-state index is 0.258.